The van der Waals surface area contributed by atoms with Gasteiger partial charge in [-0.25, -0.2) is 9.78 Å². The molecule has 2 amide bonds. The summed E-state index contributed by atoms with van der Waals surface area (Å²) in [5, 5.41) is 11.8. The van der Waals surface area contributed by atoms with Crippen molar-refractivity contribution in [1.82, 2.24) is 9.88 Å². The van der Waals surface area contributed by atoms with Crippen LogP contribution >= 0.6 is 0 Å². The van der Waals surface area contributed by atoms with E-state index in [0.717, 1.165) is 24.9 Å². The number of hydrogen-bond donors (Lipinski definition) is 2. The maximum absolute atomic E-state index is 12.4. The highest BCUT2D eigenvalue weighted by Gasteiger charge is 2.18. The van der Waals surface area contributed by atoms with Gasteiger partial charge in [-0.2, -0.15) is 0 Å². The molecule has 0 spiro atoms. The number of hydrogen-bond acceptors (Lipinski definition) is 4. The Morgan fingerprint density at radius 3 is 2.74 bits per heavy atom. The first kappa shape index (κ1) is 18.6. The van der Waals surface area contributed by atoms with E-state index >= 15 is 0 Å². The average Bonchev–Trinajstić information content (AvgIpc) is 2.63. The molecule has 1 saturated heterocycles. The number of rotatable bonds is 5. The van der Waals surface area contributed by atoms with Crippen molar-refractivity contribution in [3.63, 3.8) is 0 Å². The molecular formula is C20H21N3O4. The summed E-state index contributed by atoms with van der Waals surface area (Å²) in [6.45, 7) is 2.83. The predicted molar refractivity (Wildman–Crippen MR) is 99.6 cm³/mol. The Hall–Kier alpha value is -3.22. The number of carbonyl (C=O) groups excluding carboxylic acids is 2. The van der Waals surface area contributed by atoms with Crippen molar-refractivity contribution in [3.05, 3.63) is 58.9 Å². The Morgan fingerprint density at radius 2 is 2.04 bits per heavy atom. The largest absolute Gasteiger partial charge is 0.478 e. The Bertz CT molecular complexity index is 895. The number of carboxylic acid groups (broad SMARTS) is 1. The van der Waals surface area contributed by atoms with Crippen molar-refractivity contribution in [1.29, 1.82) is 0 Å². The van der Waals surface area contributed by atoms with Crippen molar-refractivity contribution in [2.45, 2.75) is 32.7 Å². The number of nitrogens with one attached hydrogen (secondary N) is 1. The molecule has 7 nitrogen and oxygen atoms in total. The zero-order valence-electron chi connectivity index (χ0n) is 15.1. The van der Waals surface area contributed by atoms with Gasteiger partial charge in [0.15, 0.2) is 0 Å². The monoisotopic (exact) mass is 367 g/mol. The lowest BCUT2D eigenvalue weighted by atomic mass is 10.1. The summed E-state index contributed by atoms with van der Waals surface area (Å²) in [6.07, 6.45) is 2.55. The molecule has 1 aliphatic heterocycles. The summed E-state index contributed by atoms with van der Waals surface area (Å²) >= 11 is 0. The van der Waals surface area contributed by atoms with Gasteiger partial charge in [0.2, 0.25) is 5.91 Å². The van der Waals surface area contributed by atoms with Crippen LogP contribution in [0, 0.1) is 6.92 Å². The van der Waals surface area contributed by atoms with Crippen LogP contribution in [0.15, 0.2) is 36.4 Å². The van der Waals surface area contributed by atoms with Crippen molar-refractivity contribution in [3.8, 4) is 0 Å². The highest BCUT2D eigenvalue weighted by atomic mass is 16.4. The Kier molecular flexibility index (Phi) is 5.49. The smallest absolute Gasteiger partial charge is 0.337 e. The van der Waals surface area contributed by atoms with Crippen LogP contribution in [-0.2, 0) is 11.3 Å². The minimum absolute atomic E-state index is 0.0692. The summed E-state index contributed by atoms with van der Waals surface area (Å²) < 4.78 is 0. The van der Waals surface area contributed by atoms with Gasteiger partial charge in [0.05, 0.1) is 11.3 Å². The van der Waals surface area contributed by atoms with E-state index in [2.05, 4.69) is 10.3 Å². The fourth-order valence-corrected chi connectivity index (χ4v) is 3.11. The van der Waals surface area contributed by atoms with Gasteiger partial charge >= 0.3 is 5.97 Å². The van der Waals surface area contributed by atoms with Crippen LogP contribution in [0.3, 0.4) is 0 Å². The number of benzene rings is 1. The van der Waals surface area contributed by atoms with E-state index in [0.29, 0.717) is 18.7 Å². The van der Waals surface area contributed by atoms with Crippen LogP contribution in [0.2, 0.25) is 0 Å². The second-order valence-corrected chi connectivity index (χ2v) is 6.56. The number of likely N-dealkylation sites (tertiary alicyclic amines) is 1. The highest BCUT2D eigenvalue weighted by Crippen LogP contribution is 2.18. The summed E-state index contributed by atoms with van der Waals surface area (Å²) in [5.74, 6) is -1.33. The van der Waals surface area contributed by atoms with E-state index in [-0.39, 0.29) is 22.9 Å². The lowest BCUT2D eigenvalue weighted by Crippen LogP contribution is -2.34. The minimum Gasteiger partial charge on any atom is -0.478 e. The fraction of sp³-hybridized carbons (Fsp3) is 0.300. The summed E-state index contributed by atoms with van der Waals surface area (Å²) in [5.41, 5.74) is 2.04. The SMILES string of the molecule is Cc1nc(C(=O)Nc2cccc(CN3CCCCC3=O)c2)ccc1C(=O)O. The van der Waals surface area contributed by atoms with E-state index in [1.807, 2.05) is 23.1 Å². The number of piperidine rings is 1. The molecule has 0 atom stereocenters. The molecule has 3 rings (SSSR count). The Balaban J connectivity index is 1.70. The van der Waals surface area contributed by atoms with E-state index < -0.39 is 11.9 Å². The van der Waals surface area contributed by atoms with Gasteiger partial charge in [-0.1, -0.05) is 12.1 Å². The molecule has 27 heavy (non-hydrogen) atoms. The maximum atomic E-state index is 12.4. The Labute approximate surface area is 157 Å². The molecule has 2 N–H and O–H groups in total. The molecule has 1 aromatic heterocycles. The van der Waals surface area contributed by atoms with Gasteiger partial charge in [-0.05, 0) is 49.6 Å². The van der Waals surface area contributed by atoms with Crippen molar-refractivity contribution in [2.24, 2.45) is 0 Å². The van der Waals surface area contributed by atoms with Gasteiger partial charge in [0, 0.05) is 25.2 Å². The van der Waals surface area contributed by atoms with Crippen LogP contribution < -0.4 is 5.32 Å². The molecule has 0 radical (unpaired) electrons. The summed E-state index contributed by atoms with van der Waals surface area (Å²) in [6, 6.07) is 10.1. The summed E-state index contributed by atoms with van der Waals surface area (Å²) in [4.78, 5) is 41.3. The molecule has 140 valence electrons. The van der Waals surface area contributed by atoms with Crippen LogP contribution in [0.1, 0.15) is 51.4 Å². The average molecular weight is 367 g/mol. The standard InChI is InChI=1S/C20H21N3O4/c1-13-16(20(26)27)8-9-17(21-13)19(25)22-15-6-4-5-14(11-15)12-23-10-3-2-7-18(23)24/h4-6,8-9,11H,2-3,7,10,12H2,1H3,(H,22,25)(H,26,27). The van der Waals surface area contributed by atoms with E-state index in [1.165, 1.54) is 12.1 Å². The van der Waals surface area contributed by atoms with E-state index in [4.69, 9.17) is 5.11 Å². The zero-order valence-corrected chi connectivity index (χ0v) is 15.1. The maximum Gasteiger partial charge on any atom is 0.337 e. The normalized spacial score (nSPS) is 14.1. The quantitative estimate of drug-likeness (QED) is 0.846. The predicted octanol–water partition coefficient (Wildman–Crippen LogP) is 2.85. The van der Waals surface area contributed by atoms with Gasteiger partial charge in [0.1, 0.15) is 5.69 Å². The number of aromatic carboxylic acids is 1. The first-order valence-corrected chi connectivity index (χ1v) is 8.83. The molecule has 0 unspecified atom stereocenters. The van der Waals surface area contributed by atoms with Gasteiger partial charge in [-0.15, -0.1) is 0 Å². The van der Waals surface area contributed by atoms with Crippen molar-refractivity contribution >= 4 is 23.5 Å². The van der Waals surface area contributed by atoms with Crippen LogP contribution in [0.5, 0.6) is 0 Å². The number of anilines is 1. The van der Waals surface area contributed by atoms with E-state index in [9.17, 15) is 14.4 Å². The molecular weight excluding hydrogens is 346 g/mol. The Morgan fingerprint density at radius 1 is 1.22 bits per heavy atom. The number of aryl methyl sites for hydroxylation is 1. The fourth-order valence-electron chi connectivity index (χ4n) is 3.11. The number of aromatic nitrogens is 1. The van der Waals surface area contributed by atoms with E-state index in [1.54, 1.807) is 13.0 Å². The molecule has 0 saturated carbocycles. The molecule has 1 aromatic carbocycles. The first-order chi connectivity index (χ1) is 12.9. The van der Waals surface area contributed by atoms with Gasteiger partial charge in [0.25, 0.3) is 5.91 Å². The number of carbonyl (C=O) groups is 3. The van der Waals surface area contributed by atoms with Gasteiger partial charge < -0.3 is 15.3 Å². The van der Waals surface area contributed by atoms with Crippen molar-refractivity contribution < 1.29 is 19.5 Å². The minimum atomic E-state index is -1.08. The molecule has 1 aliphatic rings. The number of nitrogens with zero attached hydrogens (tertiary/aromatic N) is 2. The zero-order chi connectivity index (χ0) is 19.4. The van der Waals surface area contributed by atoms with Gasteiger partial charge in [-0.3, -0.25) is 9.59 Å². The molecule has 2 aromatic rings. The highest BCUT2D eigenvalue weighted by molar-refractivity contribution is 6.03. The third-order valence-corrected chi connectivity index (χ3v) is 4.53. The summed E-state index contributed by atoms with van der Waals surface area (Å²) in [7, 11) is 0. The van der Waals surface area contributed by atoms with Crippen LogP contribution in [-0.4, -0.2) is 39.3 Å². The third kappa shape index (κ3) is 4.49. The first-order valence-electron chi connectivity index (χ1n) is 8.83. The second-order valence-electron chi connectivity index (χ2n) is 6.56. The number of carboxylic acids is 1. The third-order valence-electron chi connectivity index (χ3n) is 4.53. The number of pyridine rings is 1. The molecule has 0 aliphatic carbocycles. The second kappa shape index (κ2) is 7.99. The van der Waals surface area contributed by atoms with Crippen LogP contribution in [0.4, 0.5) is 5.69 Å². The topological polar surface area (TPSA) is 99.6 Å². The molecule has 2 heterocycles. The number of amides is 2. The van der Waals surface area contributed by atoms with Crippen molar-refractivity contribution in [2.75, 3.05) is 11.9 Å². The molecule has 0 bridgehead atoms. The molecule has 7 heteroatoms. The van der Waals surface area contributed by atoms with Crippen LogP contribution in [0.25, 0.3) is 0 Å². The lowest BCUT2D eigenvalue weighted by molar-refractivity contribution is -0.133. The molecule has 1 fully saturated rings. The lowest BCUT2D eigenvalue weighted by Gasteiger charge is -2.26.